The first-order valence-electron chi connectivity index (χ1n) is 13.1. The number of amides is 2. The number of carbonyl (C=O) groups is 2. The summed E-state index contributed by atoms with van der Waals surface area (Å²) in [7, 11) is 1.61. The molecule has 5 heterocycles. The highest BCUT2D eigenvalue weighted by atomic mass is 32.2. The highest BCUT2D eigenvalue weighted by Crippen LogP contribution is 2.36. The van der Waals surface area contributed by atoms with Crippen molar-refractivity contribution in [2.45, 2.75) is 23.1 Å². The highest BCUT2D eigenvalue weighted by Gasteiger charge is 2.41. The number of cyclic esters (lactones) is 1. The third-order valence-corrected chi connectivity index (χ3v) is 8.48. The van der Waals surface area contributed by atoms with Crippen molar-refractivity contribution >= 4 is 46.0 Å². The van der Waals surface area contributed by atoms with E-state index < -0.39 is 6.09 Å². The summed E-state index contributed by atoms with van der Waals surface area (Å²) >= 11 is 1.48. The van der Waals surface area contributed by atoms with Crippen molar-refractivity contribution in [3.63, 3.8) is 0 Å². The van der Waals surface area contributed by atoms with Gasteiger partial charge in [-0.2, -0.15) is 0 Å². The average molecular weight is 575 g/mol. The lowest BCUT2D eigenvalue weighted by molar-refractivity contribution is -0.113. The molecule has 2 amide bonds. The van der Waals surface area contributed by atoms with Gasteiger partial charge in [-0.1, -0.05) is 5.21 Å². The molecule has 3 aliphatic heterocycles. The Morgan fingerprint density at radius 2 is 2.05 bits per heavy atom. The first-order chi connectivity index (χ1) is 20.0. The fourth-order valence-electron chi connectivity index (χ4n) is 5.48. The summed E-state index contributed by atoms with van der Waals surface area (Å²) in [4.78, 5) is 38.2. The quantitative estimate of drug-likeness (QED) is 0.349. The van der Waals surface area contributed by atoms with Gasteiger partial charge in [0.25, 0.3) is 0 Å². The molecule has 1 N–H and O–H groups in total. The summed E-state index contributed by atoms with van der Waals surface area (Å²) in [6.45, 7) is 2.10. The molecule has 0 spiro atoms. The molecule has 2 aromatic carbocycles. The zero-order valence-electron chi connectivity index (χ0n) is 22.0. The van der Waals surface area contributed by atoms with Crippen molar-refractivity contribution in [2.24, 2.45) is 0 Å². The van der Waals surface area contributed by atoms with Crippen LogP contribution in [0.3, 0.4) is 0 Å². The Bertz CT molecular complexity index is 1620. The van der Waals surface area contributed by atoms with Crippen LogP contribution in [0, 0.1) is 0 Å². The van der Waals surface area contributed by atoms with Gasteiger partial charge in [-0.3, -0.25) is 14.6 Å². The molecule has 3 aliphatic rings. The van der Waals surface area contributed by atoms with Gasteiger partial charge in [0.1, 0.15) is 30.3 Å². The van der Waals surface area contributed by atoms with Crippen LogP contribution in [0.4, 0.5) is 16.2 Å². The van der Waals surface area contributed by atoms with Crippen LogP contribution >= 0.6 is 11.8 Å². The van der Waals surface area contributed by atoms with Crippen molar-refractivity contribution in [1.29, 1.82) is 0 Å². The lowest BCUT2D eigenvalue weighted by atomic mass is 10.2. The first kappa shape index (κ1) is 25.5. The Balaban J connectivity index is 1.08. The minimum absolute atomic E-state index is 0.0524. The molecule has 13 nitrogen and oxygen atoms in total. The molecular weight excluding hydrogens is 548 g/mol. The number of benzene rings is 2. The fraction of sp³-hybridized carbons (Fsp3) is 0.333. The van der Waals surface area contributed by atoms with E-state index in [-0.39, 0.29) is 24.2 Å². The lowest BCUT2D eigenvalue weighted by Crippen LogP contribution is -2.34. The average Bonchev–Trinajstić information content (AvgIpc) is 3.73. The smallest absolute Gasteiger partial charge is 0.414 e. The first-order valence-corrected chi connectivity index (χ1v) is 14.1. The van der Waals surface area contributed by atoms with Crippen LogP contribution in [0.5, 0.6) is 11.6 Å². The minimum Gasteiger partial charge on any atom is -0.497 e. The molecule has 14 heteroatoms. The Kier molecular flexibility index (Phi) is 6.55. The zero-order valence-corrected chi connectivity index (χ0v) is 22.9. The topological polar surface area (TPSA) is 137 Å². The molecule has 0 bridgehead atoms. The second-order valence-electron chi connectivity index (χ2n) is 10.0. The van der Waals surface area contributed by atoms with Crippen LogP contribution in [-0.2, 0) is 9.53 Å². The largest absolute Gasteiger partial charge is 0.497 e. The van der Waals surface area contributed by atoms with E-state index in [2.05, 4.69) is 30.5 Å². The SMILES string of the molecule is COc1ccc2ncnc(O[C@@H]3CN(C[C@@H]4CN(c5ccc6c(c5)NC(=O)CS6)C(=O)O4)C[C@H]3n3ccnn3)c2c1. The van der Waals surface area contributed by atoms with Gasteiger partial charge in [-0.05, 0) is 36.4 Å². The number of carbonyl (C=O) groups excluding carboxylic acids is 2. The van der Waals surface area contributed by atoms with Crippen LogP contribution in [0.15, 0.2) is 60.0 Å². The van der Waals surface area contributed by atoms with Crippen LogP contribution in [0.25, 0.3) is 10.9 Å². The number of likely N-dealkylation sites (tertiary alicyclic amines) is 1. The standard InChI is InChI=1S/C27H26N8O5S/c1-38-17-3-4-20-19(9-17)26(29-15-28-20)40-23-13-33(12-22(23)35-7-6-30-32-35)10-18-11-34(27(37)39-18)16-2-5-24-21(8-16)31-25(36)14-41-24/h2-9,15,18,22-23H,10-14H2,1H3,(H,31,36)/t18-,22-,23-/m1/s1. The maximum Gasteiger partial charge on any atom is 0.414 e. The number of rotatable bonds is 7. The van der Waals surface area contributed by atoms with E-state index in [1.165, 1.54) is 18.1 Å². The highest BCUT2D eigenvalue weighted by molar-refractivity contribution is 8.00. The minimum atomic E-state index is -0.411. The maximum absolute atomic E-state index is 12.8. The van der Waals surface area contributed by atoms with Crippen LogP contribution < -0.4 is 19.7 Å². The molecule has 2 saturated heterocycles. The van der Waals surface area contributed by atoms with E-state index in [9.17, 15) is 9.59 Å². The third-order valence-electron chi connectivity index (χ3n) is 7.41. The van der Waals surface area contributed by atoms with E-state index in [0.29, 0.717) is 54.9 Å². The van der Waals surface area contributed by atoms with E-state index >= 15 is 0 Å². The lowest BCUT2D eigenvalue weighted by Gasteiger charge is -2.21. The van der Waals surface area contributed by atoms with Crippen LogP contribution in [-0.4, -0.2) is 93.1 Å². The summed E-state index contributed by atoms with van der Waals surface area (Å²) in [6, 6.07) is 11.1. The van der Waals surface area contributed by atoms with Crippen molar-refractivity contribution in [3.05, 3.63) is 55.1 Å². The number of nitrogens with one attached hydrogen (secondary N) is 1. The van der Waals surface area contributed by atoms with E-state index in [4.69, 9.17) is 14.2 Å². The van der Waals surface area contributed by atoms with E-state index in [1.54, 1.807) is 22.9 Å². The summed E-state index contributed by atoms with van der Waals surface area (Å²) in [5, 5.41) is 11.9. The van der Waals surface area contributed by atoms with Crippen LogP contribution in [0.1, 0.15) is 6.04 Å². The van der Waals surface area contributed by atoms with E-state index in [0.717, 1.165) is 15.8 Å². The normalized spacial score (nSPS) is 22.5. The third kappa shape index (κ3) is 5.00. The van der Waals surface area contributed by atoms with Gasteiger partial charge in [0.15, 0.2) is 0 Å². The summed E-state index contributed by atoms with van der Waals surface area (Å²) in [5.41, 5.74) is 2.15. The molecule has 0 radical (unpaired) electrons. The second-order valence-corrected chi connectivity index (χ2v) is 11.0. The molecule has 7 rings (SSSR count). The van der Waals surface area contributed by atoms with Crippen molar-refractivity contribution in [1.82, 2.24) is 29.9 Å². The Morgan fingerprint density at radius 1 is 1.12 bits per heavy atom. The molecule has 0 aliphatic carbocycles. The summed E-state index contributed by atoms with van der Waals surface area (Å²) < 4.78 is 19.4. The number of anilines is 2. The maximum atomic E-state index is 12.8. The molecule has 2 fully saturated rings. The molecule has 210 valence electrons. The Hall–Kier alpha value is -4.43. The van der Waals surface area contributed by atoms with E-state index in [1.807, 2.05) is 42.6 Å². The number of fused-ring (bicyclic) bond motifs is 2. The second kappa shape index (κ2) is 10.5. The number of thioether (sulfide) groups is 1. The predicted octanol–water partition coefficient (Wildman–Crippen LogP) is 2.60. The van der Waals surface area contributed by atoms with Gasteiger partial charge >= 0.3 is 6.09 Å². The number of aromatic nitrogens is 5. The molecule has 2 aromatic heterocycles. The van der Waals surface area contributed by atoms with Gasteiger partial charge < -0.3 is 19.5 Å². The van der Waals surface area contributed by atoms with Crippen molar-refractivity contribution < 1.29 is 23.8 Å². The predicted molar refractivity (Wildman–Crippen MR) is 149 cm³/mol. The summed E-state index contributed by atoms with van der Waals surface area (Å²) in [6.07, 6.45) is 3.89. The molecule has 3 atom stereocenters. The van der Waals surface area contributed by atoms with Gasteiger partial charge in [-0.25, -0.2) is 19.4 Å². The molecule has 41 heavy (non-hydrogen) atoms. The fourth-order valence-corrected chi connectivity index (χ4v) is 6.27. The molecule has 0 unspecified atom stereocenters. The number of methoxy groups -OCH3 is 1. The van der Waals surface area contributed by atoms with Crippen LogP contribution in [0.2, 0.25) is 0 Å². The monoisotopic (exact) mass is 574 g/mol. The van der Waals surface area contributed by atoms with Gasteiger partial charge in [-0.15, -0.1) is 16.9 Å². The molecular formula is C27H26N8O5S. The number of hydrogen-bond donors (Lipinski definition) is 1. The molecule has 0 saturated carbocycles. The van der Waals surface area contributed by atoms with Crippen molar-refractivity contribution in [2.75, 3.05) is 49.3 Å². The number of ether oxygens (including phenoxy) is 3. The van der Waals surface area contributed by atoms with Crippen molar-refractivity contribution in [3.8, 4) is 11.6 Å². The molecule has 4 aromatic rings. The Labute approximate surface area is 238 Å². The summed E-state index contributed by atoms with van der Waals surface area (Å²) in [5.74, 6) is 1.48. The number of nitrogens with zero attached hydrogens (tertiary/aromatic N) is 7. The van der Waals surface area contributed by atoms with Gasteiger partial charge in [0, 0.05) is 36.4 Å². The van der Waals surface area contributed by atoms with Gasteiger partial charge in [0.2, 0.25) is 11.8 Å². The number of hydrogen-bond acceptors (Lipinski definition) is 11. The Morgan fingerprint density at radius 3 is 2.90 bits per heavy atom. The zero-order chi connectivity index (χ0) is 27.9. The van der Waals surface area contributed by atoms with Gasteiger partial charge in [0.05, 0.1) is 42.2 Å².